The van der Waals surface area contributed by atoms with Gasteiger partial charge in [-0.25, -0.2) is 4.39 Å². The van der Waals surface area contributed by atoms with E-state index in [-0.39, 0.29) is 15.8 Å². The molecule has 0 N–H and O–H groups in total. The van der Waals surface area contributed by atoms with Crippen LogP contribution in [-0.2, 0) is 0 Å². The molecule has 0 radical (unpaired) electrons. The minimum Gasteiger partial charge on any atom is -0.454 e. The second kappa shape index (κ2) is 5.41. The molecule has 2 aromatic carbocycles. The molecule has 0 aliphatic rings. The molecule has 19 heavy (non-hydrogen) atoms. The maximum Gasteiger partial charge on any atom is 0.181 e. The minimum atomic E-state index is -0.570. The van der Waals surface area contributed by atoms with Gasteiger partial charge in [-0.1, -0.05) is 17.7 Å². The topological polar surface area (TPSA) is 33.0 Å². The van der Waals surface area contributed by atoms with Gasteiger partial charge in [0.1, 0.15) is 11.8 Å². The normalized spacial score (nSPS) is 10.1. The molecule has 0 bridgehead atoms. The molecule has 4 heteroatoms. The van der Waals surface area contributed by atoms with E-state index in [0.717, 1.165) is 11.1 Å². The summed E-state index contributed by atoms with van der Waals surface area (Å²) in [6.07, 6.45) is 0. The number of hydrogen-bond acceptors (Lipinski definition) is 2. The van der Waals surface area contributed by atoms with Crippen LogP contribution in [0, 0.1) is 31.0 Å². The number of ether oxygens (including phenoxy) is 1. The van der Waals surface area contributed by atoms with E-state index in [9.17, 15) is 4.39 Å². The number of nitriles is 1. The van der Waals surface area contributed by atoms with Gasteiger partial charge in [0.15, 0.2) is 11.6 Å². The van der Waals surface area contributed by atoms with E-state index >= 15 is 0 Å². The monoisotopic (exact) mass is 319 g/mol. The number of halogens is 2. The van der Waals surface area contributed by atoms with Crippen molar-refractivity contribution in [3.05, 3.63) is 57.3 Å². The molecular formula is C15H11BrFNO. The van der Waals surface area contributed by atoms with Gasteiger partial charge >= 0.3 is 0 Å². The van der Waals surface area contributed by atoms with Crippen LogP contribution in [-0.4, -0.2) is 0 Å². The molecule has 2 rings (SSSR count). The van der Waals surface area contributed by atoms with Gasteiger partial charge in [0.25, 0.3) is 0 Å². The Labute approximate surface area is 119 Å². The Kier molecular flexibility index (Phi) is 3.87. The van der Waals surface area contributed by atoms with E-state index in [1.807, 2.05) is 32.0 Å². The highest BCUT2D eigenvalue weighted by Crippen LogP contribution is 2.32. The Morgan fingerprint density at radius 3 is 2.47 bits per heavy atom. The van der Waals surface area contributed by atoms with Crippen LogP contribution in [0.2, 0.25) is 0 Å². The summed E-state index contributed by atoms with van der Waals surface area (Å²) in [6, 6.07) is 10.5. The molecule has 0 atom stereocenters. The number of rotatable bonds is 2. The number of hydrogen-bond donors (Lipinski definition) is 0. The number of benzene rings is 2. The summed E-state index contributed by atoms with van der Waals surface area (Å²) in [5, 5.41) is 8.81. The Balaban J connectivity index is 2.39. The molecule has 0 fully saturated rings. The highest BCUT2D eigenvalue weighted by Gasteiger charge is 2.13. The van der Waals surface area contributed by atoms with Crippen molar-refractivity contribution < 1.29 is 9.13 Å². The second-order valence-corrected chi connectivity index (χ2v) is 5.02. The third-order valence-corrected chi connectivity index (χ3v) is 3.49. The largest absolute Gasteiger partial charge is 0.454 e. The Hall–Kier alpha value is -1.86. The first-order valence-corrected chi connectivity index (χ1v) is 6.45. The first kappa shape index (κ1) is 13.6. The predicted octanol–water partition coefficient (Wildman–Crippen LogP) is 4.87. The quantitative estimate of drug-likeness (QED) is 0.791. The number of nitrogens with zero attached hydrogens (tertiary/aromatic N) is 1. The lowest BCUT2D eigenvalue weighted by atomic mass is 10.1. The molecule has 0 saturated heterocycles. The van der Waals surface area contributed by atoms with Crippen molar-refractivity contribution in [3.63, 3.8) is 0 Å². The van der Waals surface area contributed by atoms with Gasteiger partial charge in [0.05, 0.1) is 10.0 Å². The Morgan fingerprint density at radius 1 is 1.16 bits per heavy atom. The van der Waals surface area contributed by atoms with Crippen molar-refractivity contribution in [3.8, 4) is 17.6 Å². The zero-order valence-electron chi connectivity index (χ0n) is 10.5. The summed E-state index contributed by atoms with van der Waals surface area (Å²) in [6.45, 7) is 3.88. The molecule has 0 amide bonds. The predicted molar refractivity (Wildman–Crippen MR) is 74.8 cm³/mol. The summed E-state index contributed by atoms with van der Waals surface area (Å²) in [5.41, 5.74) is 2.29. The lowest BCUT2D eigenvalue weighted by Gasteiger charge is -2.11. The lowest BCUT2D eigenvalue weighted by Crippen LogP contribution is -1.93. The van der Waals surface area contributed by atoms with Gasteiger partial charge in [0.2, 0.25) is 0 Å². The maximum atomic E-state index is 14.0. The molecular weight excluding hydrogens is 309 g/mol. The van der Waals surface area contributed by atoms with Crippen LogP contribution in [0.1, 0.15) is 16.7 Å². The molecule has 0 unspecified atom stereocenters. The van der Waals surface area contributed by atoms with Crippen molar-refractivity contribution in [2.24, 2.45) is 0 Å². The van der Waals surface area contributed by atoms with E-state index in [1.165, 1.54) is 12.1 Å². The average molecular weight is 320 g/mol. The molecule has 0 aliphatic carbocycles. The molecule has 0 aromatic heterocycles. The van der Waals surface area contributed by atoms with E-state index in [0.29, 0.717) is 5.75 Å². The third kappa shape index (κ3) is 2.77. The lowest BCUT2D eigenvalue weighted by molar-refractivity contribution is 0.437. The maximum absolute atomic E-state index is 14.0. The van der Waals surface area contributed by atoms with Crippen LogP contribution >= 0.6 is 15.9 Å². The van der Waals surface area contributed by atoms with E-state index < -0.39 is 5.82 Å². The van der Waals surface area contributed by atoms with Crippen LogP contribution in [0.4, 0.5) is 4.39 Å². The van der Waals surface area contributed by atoms with Crippen molar-refractivity contribution >= 4 is 15.9 Å². The van der Waals surface area contributed by atoms with Crippen LogP contribution in [0.15, 0.2) is 34.8 Å². The highest BCUT2D eigenvalue weighted by atomic mass is 79.9. The first-order chi connectivity index (χ1) is 9.02. The van der Waals surface area contributed by atoms with Crippen LogP contribution < -0.4 is 4.74 Å². The zero-order valence-corrected chi connectivity index (χ0v) is 12.1. The molecule has 0 aliphatic heterocycles. The van der Waals surface area contributed by atoms with Gasteiger partial charge in [-0.3, -0.25) is 0 Å². The van der Waals surface area contributed by atoms with Gasteiger partial charge in [-0.15, -0.1) is 0 Å². The van der Waals surface area contributed by atoms with E-state index in [4.69, 9.17) is 10.00 Å². The van der Waals surface area contributed by atoms with E-state index in [1.54, 1.807) is 6.07 Å². The molecule has 2 nitrogen and oxygen atoms in total. The smallest absolute Gasteiger partial charge is 0.181 e. The summed E-state index contributed by atoms with van der Waals surface area (Å²) < 4.78 is 19.7. The van der Waals surface area contributed by atoms with E-state index in [2.05, 4.69) is 15.9 Å². The number of aryl methyl sites for hydroxylation is 2. The molecule has 0 heterocycles. The summed E-state index contributed by atoms with van der Waals surface area (Å²) in [4.78, 5) is 0. The zero-order chi connectivity index (χ0) is 14.0. The summed E-state index contributed by atoms with van der Waals surface area (Å²) in [5.74, 6) is 0.123. The van der Waals surface area contributed by atoms with Crippen molar-refractivity contribution in [2.45, 2.75) is 13.8 Å². The van der Waals surface area contributed by atoms with Crippen LogP contribution in [0.3, 0.4) is 0 Å². The third-order valence-electron chi connectivity index (χ3n) is 2.72. The fraction of sp³-hybridized carbons (Fsp3) is 0.133. The first-order valence-electron chi connectivity index (χ1n) is 5.66. The standard InChI is InChI=1S/C15H11BrFNO/c1-9-3-5-12(10(2)7-9)19-13-6-4-11(8-18)14(16)15(13)17/h3-7H,1-2H3. The summed E-state index contributed by atoms with van der Waals surface area (Å²) >= 11 is 3.06. The van der Waals surface area contributed by atoms with Gasteiger partial charge in [-0.2, -0.15) is 5.26 Å². The van der Waals surface area contributed by atoms with Crippen molar-refractivity contribution in [1.82, 2.24) is 0 Å². The highest BCUT2D eigenvalue weighted by molar-refractivity contribution is 9.10. The molecule has 96 valence electrons. The fourth-order valence-electron chi connectivity index (χ4n) is 1.73. The van der Waals surface area contributed by atoms with Crippen LogP contribution in [0.25, 0.3) is 0 Å². The van der Waals surface area contributed by atoms with Crippen molar-refractivity contribution in [2.75, 3.05) is 0 Å². The van der Waals surface area contributed by atoms with Gasteiger partial charge in [0, 0.05) is 0 Å². The fourth-order valence-corrected chi connectivity index (χ4v) is 2.15. The van der Waals surface area contributed by atoms with Crippen LogP contribution in [0.5, 0.6) is 11.5 Å². The second-order valence-electron chi connectivity index (χ2n) is 4.22. The Morgan fingerprint density at radius 2 is 1.84 bits per heavy atom. The minimum absolute atomic E-state index is 0.0952. The SMILES string of the molecule is Cc1ccc(Oc2ccc(C#N)c(Br)c2F)c(C)c1. The Bertz CT molecular complexity index is 677. The molecule has 0 saturated carbocycles. The molecule has 2 aromatic rings. The summed E-state index contributed by atoms with van der Waals surface area (Å²) in [7, 11) is 0. The van der Waals surface area contributed by atoms with Gasteiger partial charge < -0.3 is 4.74 Å². The molecule has 0 spiro atoms. The van der Waals surface area contributed by atoms with Gasteiger partial charge in [-0.05, 0) is 53.5 Å². The average Bonchev–Trinajstić information content (AvgIpc) is 2.38. The van der Waals surface area contributed by atoms with Crippen molar-refractivity contribution in [1.29, 1.82) is 5.26 Å².